The van der Waals surface area contributed by atoms with E-state index in [0.717, 1.165) is 175 Å². The van der Waals surface area contributed by atoms with Crippen molar-refractivity contribution in [1.82, 2.24) is 29.9 Å². The summed E-state index contributed by atoms with van der Waals surface area (Å²) >= 11 is 0. The molecule has 12 heteroatoms. The van der Waals surface area contributed by atoms with Crippen LogP contribution < -0.4 is 0 Å². The van der Waals surface area contributed by atoms with Crippen molar-refractivity contribution in [3.63, 3.8) is 0 Å². The number of rotatable bonds is 45. The Kier molecular flexibility index (Phi) is 30.8. The van der Waals surface area contributed by atoms with Crippen LogP contribution in [0.4, 0.5) is 0 Å². The van der Waals surface area contributed by atoms with Gasteiger partial charge < -0.3 is 15.3 Å². The largest absolute Gasteiger partial charge is 0.478 e. The van der Waals surface area contributed by atoms with E-state index in [1.54, 1.807) is 36.4 Å². The lowest BCUT2D eigenvalue weighted by atomic mass is 9.74. The molecule has 3 aromatic heterocycles. The average molecular weight is 1410 g/mol. The molecule has 10 aromatic rings. The molecule has 0 radical (unpaired) electrons. The molecule has 0 spiro atoms. The average Bonchev–Trinajstić information content (AvgIpc) is 0.714. The van der Waals surface area contributed by atoms with Gasteiger partial charge in [0, 0.05) is 89.8 Å². The molecule has 0 aliphatic carbocycles. The molecule has 10 rings (SSSR count). The second-order valence-electron chi connectivity index (χ2n) is 28.6. The maximum atomic E-state index is 12.1. The summed E-state index contributed by atoms with van der Waals surface area (Å²) in [6.07, 6.45) is 51.1. The smallest absolute Gasteiger partial charge is 0.335 e. The molecule has 0 amide bonds. The van der Waals surface area contributed by atoms with Gasteiger partial charge in [0.2, 0.25) is 0 Å². The Hall–Kier alpha value is -9.81. The second kappa shape index (κ2) is 41.6. The van der Waals surface area contributed by atoms with E-state index in [0.29, 0.717) is 0 Å². The minimum Gasteiger partial charge on any atom is -0.478 e. The van der Waals surface area contributed by atoms with Crippen LogP contribution in [0, 0.1) is 0 Å². The first-order valence-corrected chi connectivity index (χ1v) is 39.5. The van der Waals surface area contributed by atoms with Crippen LogP contribution in [-0.4, -0.2) is 63.1 Å². The molecule has 7 aromatic carbocycles. The minimum atomic E-state index is -0.987. The number of carbonyl (C=O) groups is 3. The number of nitrogens with zero attached hydrogens (tertiary/aromatic N) is 6. The molecule has 0 bridgehead atoms. The van der Waals surface area contributed by atoms with Crippen LogP contribution in [0.3, 0.4) is 0 Å². The van der Waals surface area contributed by atoms with E-state index in [1.807, 2.05) is 73.6 Å². The van der Waals surface area contributed by atoms with E-state index in [2.05, 4.69) is 93.6 Å². The molecule has 0 atom stereocenters. The van der Waals surface area contributed by atoms with Crippen LogP contribution in [0.2, 0.25) is 0 Å². The third-order valence-corrected chi connectivity index (χ3v) is 20.7. The fourth-order valence-corrected chi connectivity index (χ4v) is 14.5. The molecule has 105 heavy (non-hydrogen) atoms. The zero-order valence-electron chi connectivity index (χ0n) is 62.4. The molecule has 0 aliphatic heterocycles. The summed E-state index contributed by atoms with van der Waals surface area (Å²) in [6.45, 7) is 6.80. The highest BCUT2D eigenvalue weighted by Gasteiger charge is 2.31. The second-order valence-corrected chi connectivity index (χ2v) is 28.6. The van der Waals surface area contributed by atoms with E-state index in [1.165, 1.54) is 154 Å². The predicted molar refractivity (Wildman–Crippen MR) is 430 cm³/mol. The van der Waals surface area contributed by atoms with Crippen LogP contribution in [0.25, 0.3) is 100 Å². The first-order valence-electron chi connectivity index (χ1n) is 39.5. The van der Waals surface area contributed by atoms with Crippen LogP contribution in [0.5, 0.6) is 0 Å². The molecule has 0 fully saturated rings. The summed E-state index contributed by atoms with van der Waals surface area (Å²) in [5, 5.41) is 29.7. The van der Waals surface area contributed by atoms with E-state index in [9.17, 15) is 29.7 Å². The first-order chi connectivity index (χ1) is 51.5. The number of benzene rings is 7. The summed E-state index contributed by atoms with van der Waals surface area (Å²) in [5.41, 5.74) is 16.2. The van der Waals surface area contributed by atoms with Gasteiger partial charge in [0.1, 0.15) is 17.5 Å². The first kappa shape index (κ1) is 77.8. The van der Waals surface area contributed by atoms with Gasteiger partial charge in [-0.15, -0.1) is 0 Å². The highest BCUT2D eigenvalue weighted by molar-refractivity contribution is 6.15. The summed E-state index contributed by atoms with van der Waals surface area (Å²) in [4.78, 5) is 67.9. The topological polar surface area (TPSA) is 189 Å². The molecule has 546 valence electrons. The molecular formula is C93H108N6O6. The van der Waals surface area contributed by atoms with Crippen LogP contribution in [0.1, 0.15) is 262 Å². The molecule has 3 heterocycles. The van der Waals surface area contributed by atoms with Gasteiger partial charge >= 0.3 is 17.9 Å². The Morgan fingerprint density at radius 1 is 0.210 bits per heavy atom. The minimum absolute atomic E-state index is 0.209. The highest BCUT2D eigenvalue weighted by Crippen LogP contribution is 2.56. The molecular weight excluding hydrogens is 1300 g/mol. The number of aromatic nitrogens is 6. The Morgan fingerprint density at radius 2 is 0.362 bits per heavy atom. The maximum absolute atomic E-state index is 12.1. The zero-order chi connectivity index (χ0) is 73.4. The summed E-state index contributed by atoms with van der Waals surface area (Å²) < 4.78 is 0. The van der Waals surface area contributed by atoms with Gasteiger partial charge in [-0.25, -0.2) is 44.3 Å². The number of aromatic carboxylic acids is 3. The fraction of sp³-hybridized carbons (Fsp3) is 0.387. The van der Waals surface area contributed by atoms with Crippen LogP contribution >= 0.6 is 0 Å². The number of carboxylic acid groups (broad SMARTS) is 3. The molecule has 0 saturated carbocycles. The summed E-state index contributed by atoms with van der Waals surface area (Å²) in [7, 11) is 0. The molecule has 0 aliphatic rings. The quantitative estimate of drug-likeness (QED) is 0.0307. The Morgan fingerprint density at radius 3 is 0.543 bits per heavy atom. The van der Waals surface area contributed by atoms with Crippen molar-refractivity contribution in [1.29, 1.82) is 0 Å². The number of hydrogen-bond acceptors (Lipinski definition) is 9. The van der Waals surface area contributed by atoms with Gasteiger partial charge in [-0.05, 0) is 122 Å². The fourth-order valence-electron chi connectivity index (χ4n) is 14.5. The van der Waals surface area contributed by atoms with E-state index >= 15 is 0 Å². The van der Waals surface area contributed by atoms with Gasteiger partial charge in [-0.1, -0.05) is 303 Å². The molecule has 3 N–H and O–H groups in total. The van der Waals surface area contributed by atoms with Gasteiger partial charge in [0.05, 0.1) is 16.7 Å². The van der Waals surface area contributed by atoms with Crippen LogP contribution in [-0.2, 0) is 19.3 Å². The van der Waals surface area contributed by atoms with Crippen molar-refractivity contribution in [3.8, 4) is 100 Å². The maximum Gasteiger partial charge on any atom is 0.335 e. The number of carboxylic acids is 3. The van der Waals surface area contributed by atoms with Crippen molar-refractivity contribution in [2.24, 2.45) is 0 Å². The van der Waals surface area contributed by atoms with Gasteiger partial charge in [0.15, 0.2) is 0 Å². The van der Waals surface area contributed by atoms with Crippen molar-refractivity contribution in [2.75, 3.05) is 0 Å². The van der Waals surface area contributed by atoms with Crippen molar-refractivity contribution in [2.45, 2.75) is 233 Å². The standard InChI is InChI=1S/C93H108N6O6/c1-4-7-10-13-16-19-22-25-28-31-34-82-94-61-79(62-95-82)88-85(73-49-37-67(38-50-73)70-43-55-76(56-44-70)91(100)101)89(80-63-96-83(97-64-80)35-32-29-26-23-20-17-14-11-8-5-2)87(75-53-41-69(42-54-75)72-47-59-78(60-48-72)93(104)105)90(81-65-98-84(99-66-81)36-33-30-27-24-21-18-15-12-9-6-3)86(88)74-51-39-68(40-52-74)71-45-57-77(58-46-71)92(102)103/h37-66H,4-36H2,1-3H3,(H,100,101)(H,102,103)(H,104,105). The number of unbranched alkanes of at least 4 members (excludes halogenated alkanes) is 27. The van der Waals surface area contributed by atoms with Crippen molar-refractivity contribution >= 4 is 17.9 Å². The third kappa shape index (κ3) is 22.6. The Balaban J connectivity index is 1.18. The van der Waals surface area contributed by atoms with Gasteiger partial charge in [-0.3, -0.25) is 0 Å². The normalized spacial score (nSPS) is 11.3. The molecule has 0 saturated heterocycles. The third-order valence-electron chi connectivity index (χ3n) is 20.7. The van der Waals surface area contributed by atoms with Gasteiger partial charge in [-0.2, -0.15) is 0 Å². The van der Waals surface area contributed by atoms with Crippen molar-refractivity contribution < 1.29 is 29.7 Å². The van der Waals surface area contributed by atoms with Gasteiger partial charge in [0.25, 0.3) is 0 Å². The zero-order valence-corrected chi connectivity index (χ0v) is 62.4. The van der Waals surface area contributed by atoms with Crippen LogP contribution in [0.15, 0.2) is 183 Å². The van der Waals surface area contributed by atoms with Crippen molar-refractivity contribution in [3.05, 3.63) is 217 Å². The lowest BCUT2D eigenvalue weighted by molar-refractivity contribution is 0.0686. The lowest BCUT2D eigenvalue weighted by Gasteiger charge is -2.28. The van der Waals surface area contributed by atoms with E-state index < -0.39 is 17.9 Å². The summed E-state index contributed by atoms with van der Waals surface area (Å²) in [5.74, 6) is -0.614. The Labute approximate surface area is 623 Å². The summed E-state index contributed by atoms with van der Waals surface area (Å²) in [6, 6.07) is 46.4. The predicted octanol–water partition coefficient (Wildman–Crippen LogP) is 25.5. The number of hydrogen-bond donors (Lipinski definition) is 3. The number of aryl methyl sites for hydroxylation is 3. The lowest BCUT2D eigenvalue weighted by Crippen LogP contribution is -2.05. The molecule has 0 unspecified atom stereocenters. The SMILES string of the molecule is CCCCCCCCCCCCc1ncc(-c2c(-c3ccc(-c4ccc(C(=O)O)cc4)cc3)c(-c3cnc(CCCCCCCCCCCC)nc3)c(-c3ccc(-c4ccc(C(=O)O)cc4)cc3)c(-c3cnc(CCCCCCCCCCCC)nc3)c2-c2ccc(-c3ccc(C(=O)O)cc3)cc2)cn1. The Bertz CT molecular complexity index is 3830. The molecule has 12 nitrogen and oxygen atoms in total. The highest BCUT2D eigenvalue weighted by atomic mass is 16.4. The monoisotopic (exact) mass is 1400 g/mol. The van der Waals surface area contributed by atoms with E-state index in [-0.39, 0.29) is 16.7 Å². The van der Waals surface area contributed by atoms with E-state index in [4.69, 9.17) is 29.9 Å².